The van der Waals surface area contributed by atoms with Crippen LogP contribution in [0.5, 0.6) is 0 Å². The molecule has 0 aliphatic heterocycles. The zero-order valence-corrected chi connectivity index (χ0v) is 14.3. The monoisotopic (exact) mass is 386 g/mol. The maximum absolute atomic E-state index is 12.2. The van der Waals surface area contributed by atoms with Crippen LogP contribution in [0.1, 0.15) is 28.9 Å². The van der Waals surface area contributed by atoms with Gasteiger partial charge in [-0.15, -0.1) is 0 Å². The quantitative estimate of drug-likeness (QED) is 0.741. The molecule has 1 amide bonds. The van der Waals surface area contributed by atoms with Gasteiger partial charge in [-0.3, -0.25) is 4.79 Å². The van der Waals surface area contributed by atoms with Gasteiger partial charge < -0.3 is 11.1 Å². The van der Waals surface area contributed by atoms with Crippen LogP contribution in [0.3, 0.4) is 0 Å². The van der Waals surface area contributed by atoms with Gasteiger partial charge in [0, 0.05) is 10.0 Å². The first-order valence-electron chi connectivity index (χ1n) is 6.19. The number of nitrogen functional groups attached to an aromatic ring is 1. The summed E-state index contributed by atoms with van der Waals surface area (Å²) in [4.78, 5) is 12.2. The summed E-state index contributed by atoms with van der Waals surface area (Å²) < 4.78 is 0.988. The Hall–Kier alpha value is -1.23. The smallest absolute Gasteiger partial charge is 0.251 e. The number of hydrogen-bond donors (Lipinski definition) is 2. The Labute approximate surface area is 141 Å². The number of amides is 1. The fraction of sp³-hybridized carbons (Fsp3) is 0.133. The predicted molar refractivity (Wildman–Crippen MR) is 90.9 cm³/mol. The average molecular weight is 388 g/mol. The molecule has 0 aliphatic rings. The summed E-state index contributed by atoms with van der Waals surface area (Å²) >= 11 is 15.2. The number of benzene rings is 2. The first-order valence-corrected chi connectivity index (χ1v) is 7.74. The average Bonchev–Trinajstić information content (AvgIpc) is 2.44. The number of rotatable bonds is 3. The molecule has 1 atom stereocenters. The van der Waals surface area contributed by atoms with Gasteiger partial charge in [-0.05, 0) is 36.8 Å². The van der Waals surface area contributed by atoms with Crippen molar-refractivity contribution in [3.8, 4) is 0 Å². The third-order valence-electron chi connectivity index (χ3n) is 3.04. The van der Waals surface area contributed by atoms with E-state index in [1.807, 2.05) is 31.2 Å². The van der Waals surface area contributed by atoms with E-state index >= 15 is 0 Å². The second-order valence-corrected chi connectivity index (χ2v) is 6.31. The maximum atomic E-state index is 12.2. The summed E-state index contributed by atoms with van der Waals surface area (Å²) in [6, 6.07) is 10.6. The molecule has 0 fully saturated rings. The Bertz CT molecular complexity index is 651. The first-order chi connectivity index (χ1) is 9.88. The lowest BCUT2D eigenvalue weighted by Crippen LogP contribution is -2.26. The molecule has 6 heteroatoms. The van der Waals surface area contributed by atoms with Crippen molar-refractivity contribution in [2.75, 3.05) is 5.73 Å². The predicted octanol–water partition coefficient (Wildman–Crippen LogP) is 4.83. The van der Waals surface area contributed by atoms with E-state index in [-0.39, 0.29) is 27.7 Å². The lowest BCUT2D eigenvalue weighted by molar-refractivity contribution is 0.0940. The molecule has 0 heterocycles. The molecule has 110 valence electrons. The number of hydrogen-bond acceptors (Lipinski definition) is 2. The number of carbonyl (C=O) groups excluding carboxylic acids is 1. The van der Waals surface area contributed by atoms with Crippen molar-refractivity contribution in [3.05, 3.63) is 62.0 Å². The van der Waals surface area contributed by atoms with Crippen molar-refractivity contribution in [1.29, 1.82) is 0 Å². The maximum Gasteiger partial charge on any atom is 0.251 e. The van der Waals surface area contributed by atoms with Crippen molar-refractivity contribution in [2.45, 2.75) is 13.0 Å². The van der Waals surface area contributed by atoms with Gasteiger partial charge in [0.15, 0.2) is 0 Å². The van der Waals surface area contributed by atoms with Crippen molar-refractivity contribution in [3.63, 3.8) is 0 Å². The van der Waals surface area contributed by atoms with Crippen LogP contribution in [0.15, 0.2) is 40.9 Å². The van der Waals surface area contributed by atoms with Crippen LogP contribution in [-0.2, 0) is 0 Å². The summed E-state index contributed by atoms with van der Waals surface area (Å²) in [6.07, 6.45) is 0. The zero-order chi connectivity index (χ0) is 15.6. The fourth-order valence-electron chi connectivity index (χ4n) is 1.86. The largest absolute Gasteiger partial charge is 0.397 e. The second kappa shape index (κ2) is 6.69. The molecule has 0 saturated heterocycles. The van der Waals surface area contributed by atoms with E-state index in [9.17, 15) is 4.79 Å². The van der Waals surface area contributed by atoms with Gasteiger partial charge in [-0.2, -0.15) is 0 Å². The Morgan fingerprint density at radius 1 is 1.24 bits per heavy atom. The molecule has 0 unspecified atom stereocenters. The normalized spacial score (nSPS) is 12.0. The van der Waals surface area contributed by atoms with Gasteiger partial charge >= 0.3 is 0 Å². The minimum atomic E-state index is -0.254. The molecule has 2 rings (SSSR count). The lowest BCUT2D eigenvalue weighted by Gasteiger charge is -2.15. The van der Waals surface area contributed by atoms with E-state index in [4.69, 9.17) is 28.9 Å². The van der Waals surface area contributed by atoms with Crippen LogP contribution in [0.25, 0.3) is 0 Å². The Kier molecular flexibility index (Phi) is 5.14. The SMILES string of the molecule is C[C@H](NC(=O)c1cc(N)c(Cl)c(Cl)c1)c1ccc(Br)cc1. The highest BCUT2D eigenvalue weighted by Gasteiger charge is 2.14. The van der Waals surface area contributed by atoms with Crippen LogP contribution in [0, 0.1) is 0 Å². The van der Waals surface area contributed by atoms with Gasteiger partial charge in [0.2, 0.25) is 0 Å². The molecule has 0 saturated carbocycles. The van der Waals surface area contributed by atoms with E-state index < -0.39 is 0 Å². The molecule has 3 N–H and O–H groups in total. The van der Waals surface area contributed by atoms with Crippen LogP contribution in [0.2, 0.25) is 10.0 Å². The summed E-state index contributed by atoms with van der Waals surface area (Å²) in [5, 5.41) is 3.41. The van der Waals surface area contributed by atoms with E-state index in [1.54, 1.807) is 0 Å². The minimum Gasteiger partial charge on any atom is -0.397 e. The van der Waals surface area contributed by atoms with E-state index in [0.29, 0.717) is 5.56 Å². The number of carbonyl (C=O) groups is 1. The first kappa shape index (κ1) is 16.1. The number of nitrogens with one attached hydrogen (secondary N) is 1. The molecular formula is C15H13BrCl2N2O. The zero-order valence-electron chi connectivity index (χ0n) is 11.2. The minimum absolute atomic E-state index is 0.138. The molecule has 0 spiro atoms. The van der Waals surface area contributed by atoms with E-state index in [1.165, 1.54) is 12.1 Å². The molecule has 0 bridgehead atoms. The third-order valence-corrected chi connectivity index (χ3v) is 4.38. The standard InChI is InChI=1S/C15H13BrCl2N2O/c1-8(9-2-4-11(16)5-3-9)20-15(21)10-6-12(17)14(18)13(19)7-10/h2-8H,19H2,1H3,(H,20,21)/t8-/m0/s1. The van der Waals surface area contributed by atoms with Crippen LogP contribution in [0.4, 0.5) is 5.69 Å². The number of nitrogens with two attached hydrogens (primary N) is 1. The van der Waals surface area contributed by atoms with Crippen molar-refractivity contribution >= 4 is 50.7 Å². The Morgan fingerprint density at radius 3 is 2.43 bits per heavy atom. The van der Waals surface area contributed by atoms with E-state index in [2.05, 4.69) is 21.2 Å². The van der Waals surface area contributed by atoms with Gasteiger partial charge in [0.05, 0.1) is 21.8 Å². The molecule has 3 nitrogen and oxygen atoms in total. The molecule has 0 aromatic heterocycles. The van der Waals surface area contributed by atoms with Crippen LogP contribution in [-0.4, -0.2) is 5.91 Å². The highest BCUT2D eigenvalue weighted by Crippen LogP contribution is 2.29. The molecule has 0 radical (unpaired) electrons. The molecular weight excluding hydrogens is 375 g/mol. The van der Waals surface area contributed by atoms with Crippen molar-refractivity contribution in [1.82, 2.24) is 5.32 Å². The molecule has 2 aromatic carbocycles. The number of halogens is 3. The Morgan fingerprint density at radius 2 is 1.86 bits per heavy atom. The summed E-state index contributed by atoms with van der Waals surface area (Å²) in [6.45, 7) is 1.90. The topological polar surface area (TPSA) is 55.1 Å². The number of anilines is 1. The van der Waals surface area contributed by atoms with Crippen LogP contribution >= 0.6 is 39.1 Å². The molecule has 2 aromatic rings. The second-order valence-electron chi connectivity index (χ2n) is 4.61. The summed E-state index contributed by atoms with van der Waals surface area (Å²) in [5.74, 6) is -0.254. The van der Waals surface area contributed by atoms with Crippen molar-refractivity contribution in [2.24, 2.45) is 0 Å². The Balaban J connectivity index is 2.16. The summed E-state index contributed by atoms with van der Waals surface area (Å²) in [7, 11) is 0. The molecule has 0 aliphatic carbocycles. The highest BCUT2D eigenvalue weighted by atomic mass is 79.9. The van der Waals surface area contributed by atoms with E-state index in [0.717, 1.165) is 10.0 Å². The molecule has 21 heavy (non-hydrogen) atoms. The fourth-order valence-corrected chi connectivity index (χ4v) is 2.46. The van der Waals surface area contributed by atoms with Crippen molar-refractivity contribution < 1.29 is 4.79 Å². The van der Waals surface area contributed by atoms with Gasteiger partial charge in [0.25, 0.3) is 5.91 Å². The highest BCUT2D eigenvalue weighted by molar-refractivity contribution is 9.10. The lowest BCUT2D eigenvalue weighted by atomic mass is 10.1. The van der Waals surface area contributed by atoms with Gasteiger partial charge in [-0.25, -0.2) is 0 Å². The third kappa shape index (κ3) is 3.90. The summed E-state index contributed by atoms with van der Waals surface area (Å²) in [5.41, 5.74) is 7.38. The van der Waals surface area contributed by atoms with Gasteiger partial charge in [-0.1, -0.05) is 51.3 Å². The van der Waals surface area contributed by atoms with Gasteiger partial charge in [0.1, 0.15) is 0 Å². The van der Waals surface area contributed by atoms with Crippen LogP contribution < -0.4 is 11.1 Å².